The largest absolute Gasteiger partial charge is 0.313 e. The maximum Gasteiger partial charge on any atom is 0.0129 e. The van der Waals surface area contributed by atoms with Gasteiger partial charge < -0.3 is 5.32 Å². The molecule has 1 nitrogen and oxygen atoms in total. The molecule has 1 N–H and O–H groups in total. The average Bonchev–Trinajstić information content (AvgIpc) is 2.69. The van der Waals surface area contributed by atoms with Crippen LogP contribution in [0, 0.1) is 22.2 Å². The summed E-state index contributed by atoms with van der Waals surface area (Å²) in [5.41, 5.74) is 1.52. The first kappa shape index (κ1) is 16.3. The van der Waals surface area contributed by atoms with Crippen molar-refractivity contribution in [3.8, 4) is 0 Å². The Morgan fingerprint density at radius 1 is 1.15 bits per heavy atom. The fourth-order valence-corrected chi connectivity index (χ4v) is 4.85. The smallest absolute Gasteiger partial charge is 0.0129 e. The highest BCUT2D eigenvalue weighted by Gasteiger charge is 2.61. The summed E-state index contributed by atoms with van der Waals surface area (Å²) in [6.45, 7) is 15.9. The second kappa shape index (κ2) is 5.63. The van der Waals surface area contributed by atoms with Gasteiger partial charge in [-0.25, -0.2) is 0 Å². The Kier molecular flexibility index (Phi) is 4.60. The van der Waals surface area contributed by atoms with Gasteiger partial charge in [0.05, 0.1) is 0 Å². The molecule has 20 heavy (non-hydrogen) atoms. The van der Waals surface area contributed by atoms with Gasteiger partial charge in [0, 0.05) is 12.6 Å². The van der Waals surface area contributed by atoms with Crippen molar-refractivity contribution in [1.29, 1.82) is 0 Å². The zero-order valence-corrected chi connectivity index (χ0v) is 14.8. The van der Waals surface area contributed by atoms with E-state index in [9.17, 15) is 0 Å². The summed E-state index contributed by atoms with van der Waals surface area (Å²) in [7, 11) is 0. The molecule has 1 heteroatoms. The van der Waals surface area contributed by atoms with Gasteiger partial charge in [0.2, 0.25) is 0 Å². The van der Waals surface area contributed by atoms with E-state index in [0.717, 1.165) is 12.0 Å². The predicted molar refractivity (Wildman–Crippen MR) is 88.9 cm³/mol. The van der Waals surface area contributed by atoms with E-state index >= 15 is 0 Å². The first-order chi connectivity index (χ1) is 9.23. The predicted octanol–water partition coefficient (Wildman–Crippen LogP) is 5.40. The van der Waals surface area contributed by atoms with Crippen LogP contribution in [0.5, 0.6) is 0 Å². The minimum absolute atomic E-state index is 0.456. The number of hydrogen-bond donors (Lipinski definition) is 1. The highest BCUT2D eigenvalue weighted by molar-refractivity contribution is 5.13. The molecule has 2 fully saturated rings. The zero-order chi connectivity index (χ0) is 15.0. The third kappa shape index (κ3) is 2.80. The molecular weight excluding hydrogens is 242 g/mol. The van der Waals surface area contributed by atoms with Gasteiger partial charge in [0.25, 0.3) is 0 Å². The van der Waals surface area contributed by atoms with Crippen LogP contribution < -0.4 is 5.32 Å². The van der Waals surface area contributed by atoms with Crippen molar-refractivity contribution >= 4 is 0 Å². The Bertz CT molecular complexity index is 331. The molecule has 2 aliphatic rings. The van der Waals surface area contributed by atoms with E-state index < -0.39 is 0 Å². The Morgan fingerprint density at radius 2 is 1.85 bits per heavy atom. The summed E-state index contributed by atoms with van der Waals surface area (Å²) in [5.74, 6) is 0.952. The fourth-order valence-electron chi connectivity index (χ4n) is 4.85. The summed E-state index contributed by atoms with van der Waals surface area (Å²) in [5, 5.41) is 3.98. The molecule has 0 heterocycles. The molecule has 2 bridgehead atoms. The summed E-state index contributed by atoms with van der Waals surface area (Å²) in [4.78, 5) is 0. The summed E-state index contributed by atoms with van der Waals surface area (Å²) < 4.78 is 0. The molecule has 2 saturated carbocycles. The van der Waals surface area contributed by atoms with Gasteiger partial charge in [-0.1, -0.05) is 60.8 Å². The van der Waals surface area contributed by atoms with Crippen molar-refractivity contribution in [3.63, 3.8) is 0 Å². The van der Waals surface area contributed by atoms with Gasteiger partial charge in [-0.2, -0.15) is 0 Å². The van der Waals surface area contributed by atoms with Gasteiger partial charge in [-0.15, -0.1) is 0 Å². The monoisotopic (exact) mass is 279 g/mol. The van der Waals surface area contributed by atoms with Crippen LogP contribution in [0.15, 0.2) is 0 Å². The molecule has 0 spiro atoms. The maximum absolute atomic E-state index is 3.98. The first-order valence-electron chi connectivity index (χ1n) is 8.96. The minimum atomic E-state index is 0.456. The van der Waals surface area contributed by atoms with Crippen LogP contribution in [0.4, 0.5) is 0 Å². The molecule has 0 aromatic heterocycles. The minimum Gasteiger partial charge on any atom is -0.313 e. The second-order valence-electron chi connectivity index (χ2n) is 9.17. The molecule has 118 valence electrons. The average molecular weight is 280 g/mol. The first-order valence-corrected chi connectivity index (χ1v) is 8.96. The highest BCUT2D eigenvalue weighted by atomic mass is 15.0. The lowest BCUT2D eigenvalue weighted by atomic mass is 9.69. The van der Waals surface area contributed by atoms with Crippen LogP contribution in [-0.4, -0.2) is 12.6 Å². The molecular formula is C19H37N. The molecule has 0 aromatic carbocycles. The number of nitrogens with one attached hydrogen (secondary N) is 1. The van der Waals surface area contributed by atoms with Gasteiger partial charge in [0.15, 0.2) is 0 Å². The van der Waals surface area contributed by atoms with Crippen LogP contribution in [0.25, 0.3) is 0 Å². The quantitative estimate of drug-likeness (QED) is 0.615. The summed E-state index contributed by atoms with van der Waals surface area (Å²) in [6.07, 6.45) is 9.78. The van der Waals surface area contributed by atoms with E-state index in [2.05, 4.69) is 46.9 Å². The number of unbranched alkanes of at least 4 members (excludes halogenated alkanes) is 2. The lowest BCUT2D eigenvalue weighted by Gasteiger charge is -2.41. The Hall–Kier alpha value is -0.0400. The molecule has 2 rings (SSSR count). The molecule has 3 atom stereocenters. The Balaban J connectivity index is 1.86. The molecule has 0 radical (unpaired) electrons. The molecule has 0 aliphatic heterocycles. The van der Waals surface area contributed by atoms with Gasteiger partial charge in [-0.05, 0) is 47.8 Å². The van der Waals surface area contributed by atoms with E-state index in [1.54, 1.807) is 0 Å². The molecule has 3 unspecified atom stereocenters. The van der Waals surface area contributed by atoms with E-state index in [1.807, 2.05) is 0 Å². The fraction of sp³-hybridized carbons (Fsp3) is 1.00. The van der Waals surface area contributed by atoms with Crippen molar-refractivity contribution < 1.29 is 0 Å². The van der Waals surface area contributed by atoms with Gasteiger partial charge in [0.1, 0.15) is 0 Å². The van der Waals surface area contributed by atoms with Crippen LogP contribution in [0.1, 0.15) is 86.5 Å². The molecule has 0 amide bonds. The Labute approximate surface area is 127 Å². The van der Waals surface area contributed by atoms with Crippen LogP contribution >= 0.6 is 0 Å². The second-order valence-corrected chi connectivity index (χ2v) is 9.17. The van der Waals surface area contributed by atoms with Gasteiger partial charge in [-0.3, -0.25) is 0 Å². The van der Waals surface area contributed by atoms with Crippen LogP contribution in [0.2, 0.25) is 0 Å². The van der Waals surface area contributed by atoms with Crippen LogP contribution in [-0.2, 0) is 0 Å². The topological polar surface area (TPSA) is 12.0 Å². The van der Waals surface area contributed by atoms with Crippen LogP contribution in [0.3, 0.4) is 0 Å². The van der Waals surface area contributed by atoms with Crippen molar-refractivity contribution in [2.45, 2.75) is 92.5 Å². The number of hydrogen-bond acceptors (Lipinski definition) is 1. The van der Waals surface area contributed by atoms with E-state index in [4.69, 9.17) is 0 Å². The standard InChI is InChI=1S/C19H37N/c1-7-8-9-11-17(2,3)14-20-16-13-15-10-12-19(16,6)18(15,4)5/h15-16,20H,7-14H2,1-6H3. The SMILES string of the molecule is CCCCCC(C)(C)CNC1CC2CCC1(C)C2(C)C. The van der Waals surface area contributed by atoms with Crippen molar-refractivity contribution in [3.05, 3.63) is 0 Å². The lowest BCUT2D eigenvalue weighted by Crippen LogP contribution is -2.47. The molecule has 2 aliphatic carbocycles. The van der Waals surface area contributed by atoms with Crippen molar-refractivity contribution in [2.75, 3.05) is 6.54 Å². The third-order valence-corrected chi connectivity index (χ3v) is 7.08. The normalized spacial score (nSPS) is 35.7. The third-order valence-electron chi connectivity index (χ3n) is 7.08. The Morgan fingerprint density at radius 3 is 2.35 bits per heavy atom. The maximum atomic E-state index is 3.98. The van der Waals surface area contributed by atoms with E-state index in [1.165, 1.54) is 51.5 Å². The van der Waals surface area contributed by atoms with E-state index in [0.29, 0.717) is 16.2 Å². The summed E-state index contributed by atoms with van der Waals surface area (Å²) >= 11 is 0. The molecule has 0 aromatic rings. The van der Waals surface area contributed by atoms with Gasteiger partial charge >= 0.3 is 0 Å². The van der Waals surface area contributed by atoms with E-state index in [-0.39, 0.29) is 0 Å². The lowest BCUT2D eigenvalue weighted by molar-refractivity contribution is 0.114. The number of fused-ring (bicyclic) bond motifs is 2. The highest BCUT2D eigenvalue weighted by Crippen LogP contribution is 2.65. The summed E-state index contributed by atoms with van der Waals surface area (Å²) in [6, 6.07) is 0.752. The molecule has 0 saturated heterocycles. The van der Waals surface area contributed by atoms with Crippen molar-refractivity contribution in [2.24, 2.45) is 22.2 Å². The zero-order valence-electron chi connectivity index (χ0n) is 14.8. The van der Waals surface area contributed by atoms with Crippen molar-refractivity contribution in [1.82, 2.24) is 5.32 Å². The number of rotatable bonds is 7.